The van der Waals surface area contributed by atoms with E-state index in [0.717, 1.165) is 44.6 Å². The van der Waals surface area contributed by atoms with Crippen molar-refractivity contribution >= 4 is 32.3 Å². The first-order chi connectivity index (χ1) is 20.2. The number of hydrogen-bond acceptors (Lipinski definition) is 3. The zero-order chi connectivity index (χ0) is 27.3. The van der Waals surface area contributed by atoms with Crippen molar-refractivity contribution in [1.82, 2.24) is 15.0 Å². The maximum atomic E-state index is 13.8. The summed E-state index contributed by atoms with van der Waals surface area (Å²) in [5, 5.41) is 7.29. The fraction of sp³-hybridized carbons (Fsp3) is 0. The van der Waals surface area contributed by atoms with Gasteiger partial charge in [-0.05, 0) is 80.3 Å². The molecular formula is C37H22FN3. The van der Waals surface area contributed by atoms with Crippen LogP contribution in [-0.4, -0.2) is 15.0 Å². The first-order valence-corrected chi connectivity index (χ1v) is 13.5. The van der Waals surface area contributed by atoms with E-state index in [1.807, 2.05) is 36.5 Å². The number of benzene rings is 6. The average molecular weight is 528 g/mol. The van der Waals surface area contributed by atoms with Gasteiger partial charge in [0.25, 0.3) is 0 Å². The van der Waals surface area contributed by atoms with Gasteiger partial charge in [0.2, 0.25) is 0 Å². The molecule has 0 fully saturated rings. The second kappa shape index (κ2) is 9.32. The van der Waals surface area contributed by atoms with Gasteiger partial charge in [-0.3, -0.25) is 4.98 Å². The molecular weight excluding hydrogens is 505 g/mol. The molecule has 0 N–H and O–H groups in total. The minimum absolute atomic E-state index is 0.279. The second-order valence-corrected chi connectivity index (χ2v) is 10.3. The Morgan fingerprint density at radius 3 is 1.98 bits per heavy atom. The first kappa shape index (κ1) is 23.4. The standard InChI is InChI=1S/C37H22FN3/c38-30-15-11-23(12-16-30)33-21-34(41-37(40-33)28-7-2-6-27(20-28)29-8-3-19-39-22-29)31-17-13-26-10-9-24-4-1-5-25-14-18-32(31)36(26)35(24)25/h1-22H. The van der Waals surface area contributed by atoms with Gasteiger partial charge in [0.15, 0.2) is 5.82 Å². The Hall–Kier alpha value is -5.48. The highest BCUT2D eigenvalue weighted by molar-refractivity contribution is 6.25. The van der Waals surface area contributed by atoms with Crippen molar-refractivity contribution in [2.45, 2.75) is 0 Å². The van der Waals surface area contributed by atoms with Gasteiger partial charge in [0, 0.05) is 34.6 Å². The van der Waals surface area contributed by atoms with Crippen LogP contribution in [0.1, 0.15) is 0 Å². The van der Waals surface area contributed by atoms with Crippen LogP contribution >= 0.6 is 0 Å². The normalized spacial score (nSPS) is 11.5. The molecule has 0 saturated heterocycles. The fourth-order valence-corrected chi connectivity index (χ4v) is 5.81. The molecule has 0 aliphatic rings. The molecule has 3 nitrogen and oxygen atoms in total. The van der Waals surface area contributed by atoms with Crippen molar-refractivity contribution in [3.63, 3.8) is 0 Å². The molecule has 8 rings (SSSR count). The Labute approximate surface area is 236 Å². The molecule has 41 heavy (non-hydrogen) atoms. The van der Waals surface area contributed by atoms with E-state index < -0.39 is 0 Å². The Kier molecular flexibility index (Phi) is 5.32. The Balaban J connectivity index is 1.38. The van der Waals surface area contributed by atoms with E-state index in [2.05, 4.69) is 71.7 Å². The molecule has 0 radical (unpaired) electrons. The molecule has 6 aromatic carbocycles. The molecule has 0 spiro atoms. The molecule has 0 bridgehead atoms. The van der Waals surface area contributed by atoms with Crippen molar-refractivity contribution < 1.29 is 4.39 Å². The molecule has 0 amide bonds. The van der Waals surface area contributed by atoms with Crippen LogP contribution in [0.25, 0.3) is 77.3 Å². The summed E-state index contributed by atoms with van der Waals surface area (Å²) in [5.41, 5.74) is 6.38. The van der Waals surface area contributed by atoms with E-state index in [1.165, 1.54) is 39.1 Å². The van der Waals surface area contributed by atoms with Crippen LogP contribution in [0.3, 0.4) is 0 Å². The fourth-order valence-electron chi connectivity index (χ4n) is 5.81. The molecule has 2 aromatic heterocycles. The van der Waals surface area contributed by atoms with Crippen molar-refractivity contribution in [2.75, 3.05) is 0 Å². The van der Waals surface area contributed by atoms with E-state index in [4.69, 9.17) is 9.97 Å². The van der Waals surface area contributed by atoms with E-state index >= 15 is 0 Å². The van der Waals surface area contributed by atoms with Crippen molar-refractivity contribution in [3.05, 3.63) is 140 Å². The van der Waals surface area contributed by atoms with Gasteiger partial charge in [-0.25, -0.2) is 14.4 Å². The topological polar surface area (TPSA) is 38.7 Å². The third-order valence-electron chi connectivity index (χ3n) is 7.79. The van der Waals surface area contributed by atoms with Crippen LogP contribution in [0.15, 0.2) is 134 Å². The van der Waals surface area contributed by atoms with Gasteiger partial charge in [-0.15, -0.1) is 0 Å². The van der Waals surface area contributed by atoms with Crippen LogP contribution in [0, 0.1) is 5.82 Å². The molecule has 2 heterocycles. The molecule has 0 aliphatic carbocycles. The lowest BCUT2D eigenvalue weighted by Crippen LogP contribution is -1.97. The Morgan fingerprint density at radius 2 is 1.17 bits per heavy atom. The number of nitrogens with zero attached hydrogens (tertiary/aromatic N) is 3. The smallest absolute Gasteiger partial charge is 0.160 e. The zero-order valence-corrected chi connectivity index (χ0v) is 21.9. The van der Waals surface area contributed by atoms with Gasteiger partial charge < -0.3 is 0 Å². The molecule has 0 atom stereocenters. The Bertz CT molecular complexity index is 2190. The lowest BCUT2D eigenvalue weighted by atomic mass is 9.91. The van der Waals surface area contributed by atoms with Gasteiger partial charge in [0.1, 0.15) is 5.82 Å². The maximum absolute atomic E-state index is 13.8. The largest absolute Gasteiger partial charge is 0.264 e. The van der Waals surface area contributed by atoms with Crippen LogP contribution in [0.5, 0.6) is 0 Å². The zero-order valence-electron chi connectivity index (χ0n) is 21.9. The SMILES string of the molecule is Fc1ccc(-c2cc(-c3ccc4ccc5cccc6ccc3c4c56)nc(-c3cccc(-c4cccnc4)c3)n2)cc1. The number of hydrogen-bond donors (Lipinski definition) is 0. The molecule has 4 heteroatoms. The first-order valence-electron chi connectivity index (χ1n) is 13.5. The molecule has 0 saturated carbocycles. The Morgan fingerprint density at radius 1 is 0.488 bits per heavy atom. The number of halogens is 1. The summed E-state index contributed by atoms with van der Waals surface area (Å²) in [6, 6.07) is 40.2. The number of pyridine rings is 1. The van der Waals surface area contributed by atoms with Crippen molar-refractivity contribution in [1.29, 1.82) is 0 Å². The minimum atomic E-state index is -0.279. The quantitative estimate of drug-likeness (QED) is 0.214. The predicted octanol–water partition coefficient (Wildman–Crippen LogP) is 9.58. The van der Waals surface area contributed by atoms with Crippen molar-refractivity contribution in [2.24, 2.45) is 0 Å². The lowest BCUT2D eigenvalue weighted by Gasteiger charge is -2.15. The van der Waals surface area contributed by atoms with Gasteiger partial charge >= 0.3 is 0 Å². The number of rotatable bonds is 4. The van der Waals surface area contributed by atoms with Crippen molar-refractivity contribution in [3.8, 4) is 45.0 Å². The highest BCUT2D eigenvalue weighted by Crippen LogP contribution is 2.40. The molecule has 192 valence electrons. The highest BCUT2D eigenvalue weighted by Gasteiger charge is 2.16. The summed E-state index contributed by atoms with van der Waals surface area (Å²) in [6.45, 7) is 0. The highest BCUT2D eigenvalue weighted by atomic mass is 19.1. The van der Waals surface area contributed by atoms with E-state index in [1.54, 1.807) is 18.3 Å². The maximum Gasteiger partial charge on any atom is 0.160 e. The monoisotopic (exact) mass is 527 g/mol. The van der Waals surface area contributed by atoms with Gasteiger partial charge in [-0.2, -0.15) is 0 Å². The second-order valence-electron chi connectivity index (χ2n) is 10.3. The molecule has 8 aromatic rings. The summed E-state index contributed by atoms with van der Waals surface area (Å²) in [6.07, 6.45) is 3.62. The van der Waals surface area contributed by atoms with Gasteiger partial charge in [-0.1, -0.05) is 78.9 Å². The lowest BCUT2D eigenvalue weighted by molar-refractivity contribution is 0.628. The number of aromatic nitrogens is 3. The van der Waals surface area contributed by atoms with Crippen LogP contribution in [0.2, 0.25) is 0 Å². The average Bonchev–Trinajstić information content (AvgIpc) is 3.04. The summed E-state index contributed by atoms with van der Waals surface area (Å²) in [5.74, 6) is 0.331. The third-order valence-corrected chi connectivity index (χ3v) is 7.79. The van der Waals surface area contributed by atoms with Gasteiger partial charge in [0.05, 0.1) is 11.4 Å². The van der Waals surface area contributed by atoms with Crippen LogP contribution in [-0.2, 0) is 0 Å². The summed E-state index contributed by atoms with van der Waals surface area (Å²) >= 11 is 0. The summed E-state index contributed by atoms with van der Waals surface area (Å²) in [4.78, 5) is 14.4. The summed E-state index contributed by atoms with van der Waals surface area (Å²) in [7, 11) is 0. The molecule has 0 unspecified atom stereocenters. The van der Waals surface area contributed by atoms with E-state index in [9.17, 15) is 4.39 Å². The minimum Gasteiger partial charge on any atom is -0.264 e. The summed E-state index contributed by atoms with van der Waals surface area (Å²) < 4.78 is 13.8. The van der Waals surface area contributed by atoms with E-state index in [0.29, 0.717) is 5.82 Å². The van der Waals surface area contributed by atoms with E-state index in [-0.39, 0.29) is 5.82 Å². The third kappa shape index (κ3) is 4.00. The predicted molar refractivity (Wildman–Crippen MR) is 165 cm³/mol. The van der Waals surface area contributed by atoms with Crippen LogP contribution in [0.4, 0.5) is 4.39 Å². The molecule has 0 aliphatic heterocycles. The van der Waals surface area contributed by atoms with Crippen LogP contribution < -0.4 is 0 Å².